The van der Waals surface area contributed by atoms with Crippen molar-refractivity contribution in [2.45, 2.75) is 0 Å². The molecule has 2 aromatic carbocycles. The molecule has 0 amide bonds. The number of rotatable bonds is 5. The van der Waals surface area contributed by atoms with E-state index in [0.717, 1.165) is 10.2 Å². The van der Waals surface area contributed by atoms with E-state index in [9.17, 15) is 9.18 Å². The molecule has 7 heteroatoms. The molecule has 23 heavy (non-hydrogen) atoms. The van der Waals surface area contributed by atoms with E-state index in [1.165, 1.54) is 35.6 Å². The highest BCUT2D eigenvalue weighted by atomic mass is 79.9. The van der Waals surface area contributed by atoms with Crippen LogP contribution in [0.4, 0.5) is 9.52 Å². The largest absolute Gasteiger partial charge is 1.00 e. The average Bonchev–Trinajstić information content (AvgIpc) is 2.96. The van der Waals surface area contributed by atoms with Gasteiger partial charge < -0.3 is 27.0 Å². The summed E-state index contributed by atoms with van der Waals surface area (Å²) in [7, 11) is 1.60. The summed E-state index contributed by atoms with van der Waals surface area (Å²) in [5, 5.41) is 3.65. The molecule has 0 fully saturated rings. The number of aromatic nitrogens is 1. The summed E-state index contributed by atoms with van der Waals surface area (Å²) >= 11 is 1.45. The van der Waals surface area contributed by atoms with E-state index >= 15 is 0 Å². The second-order valence-electron chi connectivity index (χ2n) is 4.61. The molecule has 120 valence electrons. The number of Topliss-reactive ketones (excluding diaryl/α,β-unsaturated/α-hetero) is 1. The number of ether oxygens (including phenoxy) is 1. The lowest BCUT2D eigenvalue weighted by atomic mass is 10.1. The topological polar surface area (TPSA) is 51.2 Å². The number of fused-ring (bicyclic) bond motifs is 1. The molecule has 0 radical (unpaired) electrons. The zero-order valence-electron chi connectivity index (χ0n) is 12.2. The normalized spacial score (nSPS) is 10.2. The van der Waals surface area contributed by atoms with Crippen LogP contribution in [-0.2, 0) is 0 Å². The molecular formula is C16H13BrFN2O2S-. The number of thiazole rings is 1. The summed E-state index contributed by atoms with van der Waals surface area (Å²) in [4.78, 5) is 16.5. The Hall–Kier alpha value is -1.99. The number of benzene rings is 2. The van der Waals surface area contributed by atoms with Crippen molar-refractivity contribution in [3.05, 3.63) is 53.8 Å². The fraction of sp³-hybridized carbons (Fsp3) is 0.125. The smallest absolute Gasteiger partial charge is 0.184 e. The van der Waals surface area contributed by atoms with Crippen molar-refractivity contribution in [1.82, 2.24) is 4.98 Å². The molecule has 0 atom stereocenters. The number of hydrogen-bond acceptors (Lipinski definition) is 5. The fourth-order valence-electron chi connectivity index (χ4n) is 2.06. The lowest BCUT2D eigenvalue weighted by Crippen LogP contribution is -3.00. The number of halogens is 2. The van der Waals surface area contributed by atoms with E-state index in [4.69, 9.17) is 4.74 Å². The van der Waals surface area contributed by atoms with Gasteiger partial charge in [0.2, 0.25) is 0 Å². The molecule has 0 spiro atoms. The van der Waals surface area contributed by atoms with Crippen LogP contribution >= 0.6 is 11.3 Å². The van der Waals surface area contributed by atoms with Gasteiger partial charge in [0.05, 0.1) is 18.4 Å². The van der Waals surface area contributed by atoms with Gasteiger partial charge in [-0.15, -0.1) is 0 Å². The zero-order chi connectivity index (χ0) is 15.5. The summed E-state index contributed by atoms with van der Waals surface area (Å²) < 4.78 is 19.1. The lowest BCUT2D eigenvalue weighted by Gasteiger charge is -2.02. The van der Waals surface area contributed by atoms with Crippen LogP contribution in [-0.4, -0.2) is 24.4 Å². The molecule has 0 unspecified atom stereocenters. The third-order valence-corrected chi connectivity index (χ3v) is 4.15. The maximum Gasteiger partial charge on any atom is 0.184 e. The predicted molar refractivity (Wildman–Crippen MR) is 85.4 cm³/mol. The average molecular weight is 396 g/mol. The molecule has 0 aliphatic carbocycles. The number of carbonyl (C=O) groups is 1. The standard InChI is InChI=1S/C16H13FN2O2S.BrH/c1-21-13-3-2-4-14-15(13)19-16(22-14)18-9-12(20)10-5-7-11(17)8-6-10;/h2-8H,9H2,1H3,(H,18,19);1H/p-1. The number of para-hydroxylation sites is 1. The minimum atomic E-state index is -0.359. The van der Waals surface area contributed by atoms with Gasteiger partial charge in [-0.25, -0.2) is 9.37 Å². The molecule has 0 bridgehead atoms. The molecule has 4 nitrogen and oxygen atoms in total. The van der Waals surface area contributed by atoms with E-state index in [1.54, 1.807) is 7.11 Å². The van der Waals surface area contributed by atoms with Gasteiger partial charge >= 0.3 is 0 Å². The van der Waals surface area contributed by atoms with Crippen molar-refractivity contribution in [1.29, 1.82) is 0 Å². The van der Waals surface area contributed by atoms with E-state index in [-0.39, 0.29) is 35.1 Å². The zero-order valence-corrected chi connectivity index (χ0v) is 14.6. The third kappa shape index (κ3) is 3.86. The Morgan fingerprint density at radius 2 is 2.00 bits per heavy atom. The summed E-state index contributed by atoms with van der Waals surface area (Å²) in [6.07, 6.45) is 0. The van der Waals surface area contributed by atoms with E-state index in [2.05, 4.69) is 10.3 Å². The number of methoxy groups -OCH3 is 1. The summed E-state index contributed by atoms with van der Waals surface area (Å²) in [6, 6.07) is 11.2. The van der Waals surface area contributed by atoms with Gasteiger partial charge in [-0.2, -0.15) is 0 Å². The highest BCUT2D eigenvalue weighted by Crippen LogP contribution is 2.31. The molecule has 0 saturated heterocycles. The first-order valence-corrected chi connectivity index (χ1v) is 7.45. The van der Waals surface area contributed by atoms with Crippen molar-refractivity contribution < 1.29 is 30.9 Å². The summed E-state index contributed by atoms with van der Waals surface area (Å²) in [6.45, 7) is 0.105. The van der Waals surface area contributed by atoms with Gasteiger partial charge in [0, 0.05) is 5.56 Å². The first-order valence-electron chi connectivity index (χ1n) is 6.63. The second kappa shape index (κ2) is 7.52. The van der Waals surface area contributed by atoms with Crippen molar-refractivity contribution in [2.24, 2.45) is 0 Å². The van der Waals surface area contributed by atoms with E-state index < -0.39 is 0 Å². The van der Waals surface area contributed by atoms with Gasteiger partial charge in [0.25, 0.3) is 0 Å². The molecule has 0 aliphatic heterocycles. The van der Waals surface area contributed by atoms with Gasteiger partial charge in [0.1, 0.15) is 17.1 Å². The Morgan fingerprint density at radius 3 is 2.70 bits per heavy atom. The Labute approximate surface area is 147 Å². The SMILES string of the molecule is COc1cccc2sc(NCC(=O)c3ccc(F)cc3)nc12.[Br-]. The van der Waals surface area contributed by atoms with E-state index in [0.29, 0.717) is 16.4 Å². The highest BCUT2D eigenvalue weighted by molar-refractivity contribution is 7.22. The Kier molecular flexibility index (Phi) is 5.68. The Morgan fingerprint density at radius 1 is 1.26 bits per heavy atom. The van der Waals surface area contributed by atoms with Crippen LogP contribution in [0.3, 0.4) is 0 Å². The summed E-state index contributed by atoms with van der Waals surface area (Å²) in [5.41, 5.74) is 1.24. The number of carbonyl (C=O) groups excluding carboxylic acids is 1. The van der Waals surface area contributed by atoms with Crippen molar-refractivity contribution >= 4 is 32.5 Å². The monoisotopic (exact) mass is 395 g/mol. The van der Waals surface area contributed by atoms with E-state index in [1.807, 2.05) is 18.2 Å². The molecule has 0 aliphatic rings. The minimum Gasteiger partial charge on any atom is -1.00 e. The fourth-order valence-corrected chi connectivity index (χ4v) is 2.94. The number of nitrogens with zero attached hydrogens (tertiary/aromatic N) is 1. The van der Waals surface area contributed by atoms with Gasteiger partial charge in [-0.05, 0) is 36.4 Å². The van der Waals surface area contributed by atoms with Crippen LogP contribution in [0.15, 0.2) is 42.5 Å². The first-order chi connectivity index (χ1) is 10.7. The molecular weight excluding hydrogens is 383 g/mol. The number of hydrogen-bond donors (Lipinski definition) is 1. The maximum absolute atomic E-state index is 12.8. The van der Waals surface area contributed by atoms with Crippen LogP contribution in [0.1, 0.15) is 10.4 Å². The molecule has 1 N–H and O–H groups in total. The molecule has 3 rings (SSSR count). The van der Waals surface area contributed by atoms with Gasteiger partial charge in [-0.1, -0.05) is 17.4 Å². The maximum atomic E-state index is 12.8. The quantitative estimate of drug-likeness (QED) is 0.647. The Bertz CT molecular complexity index is 821. The second-order valence-corrected chi connectivity index (χ2v) is 5.64. The third-order valence-electron chi connectivity index (χ3n) is 3.17. The highest BCUT2D eigenvalue weighted by Gasteiger charge is 2.10. The molecule has 0 saturated carbocycles. The molecule has 3 aromatic rings. The lowest BCUT2D eigenvalue weighted by molar-refractivity contribution is -0.0000129. The predicted octanol–water partition coefficient (Wildman–Crippen LogP) is 0.743. The van der Waals surface area contributed by atoms with Crippen LogP contribution in [0.5, 0.6) is 5.75 Å². The minimum absolute atomic E-state index is 0. The van der Waals surface area contributed by atoms with Crippen molar-refractivity contribution in [2.75, 3.05) is 19.0 Å². The van der Waals surface area contributed by atoms with Crippen LogP contribution < -0.4 is 27.0 Å². The molecule has 1 heterocycles. The van der Waals surface area contributed by atoms with Crippen LogP contribution in [0, 0.1) is 5.82 Å². The Balaban J connectivity index is 0.00000192. The van der Waals surface area contributed by atoms with Crippen molar-refractivity contribution in [3.63, 3.8) is 0 Å². The van der Waals surface area contributed by atoms with Crippen LogP contribution in [0.2, 0.25) is 0 Å². The first kappa shape index (κ1) is 17.4. The number of ketones is 1. The number of anilines is 1. The number of nitrogens with one attached hydrogen (secondary N) is 1. The van der Waals surface area contributed by atoms with Gasteiger partial charge in [0.15, 0.2) is 10.9 Å². The van der Waals surface area contributed by atoms with Crippen LogP contribution in [0.25, 0.3) is 10.2 Å². The van der Waals surface area contributed by atoms with Gasteiger partial charge in [-0.3, -0.25) is 4.79 Å². The van der Waals surface area contributed by atoms with Crippen molar-refractivity contribution in [3.8, 4) is 5.75 Å². The molecule has 1 aromatic heterocycles. The summed E-state index contributed by atoms with van der Waals surface area (Å²) in [5.74, 6) is 0.223.